The van der Waals surface area contributed by atoms with Crippen molar-refractivity contribution < 1.29 is 19.2 Å². The molecule has 0 aliphatic carbocycles. The zero-order valence-electron chi connectivity index (χ0n) is 16.7. The lowest BCUT2D eigenvalue weighted by Gasteiger charge is -2.32. The minimum atomic E-state index is -0.928. The van der Waals surface area contributed by atoms with E-state index in [-0.39, 0.29) is 18.7 Å². The first-order valence-corrected chi connectivity index (χ1v) is 10.6. The van der Waals surface area contributed by atoms with Crippen LogP contribution in [0.15, 0.2) is 18.2 Å². The summed E-state index contributed by atoms with van der Waals surface area (Å²) in [7, 11) is 0. The van der Waals surface area contributed by atoms with E-state index < -0.39 is 23.8 Å². The first-order valence-electron chi connectivity index (χ1n) is 10.6. The smallest absolute Gasteiger partial charge is 0.262 e. The van der Waals surface area contributed by atoms with Crippen LogP contribution >= 0.6 is 0 Å². The maximum Gasteiger partial charge on any atom is 0.262 e. The molecule has 1 aromatic rings. The Balaban J connectivity index is 1.34. The van der Waals surface area contributed by atoms with Crippen molar-refractivity contribution in [2.24, 2.45) is 0 Å². The van der Waals surface area contributed by atoms with Crippen molar-refractivity contribution in [3.05, 3.63) is 29.3 Å². The molecule has 0 aromatic heterocycles. The standard InChI is InChI=1S/C21H25N5O4/c27-18-4-3-17(19(28)23-18)26-20(29)15-2-1-13(11-16(15)21(26)30)25-8-5-14(12-25)24-9-6-22-7-10-24/h1-2,11,14,17,22H,3-10,12H2,(H,23,27,28). The van der Waals surface area contributed by atoms with Gasteiger partial charge in [0.2, 0.25) is 11.8 Å². The Morgan fingerprint density at radius 3 is 2.43 bits per heavy atom. The number of carbonyl (C=O) groups excluding carboxylic acids is 4. The molecule has 4 amide bonds. The number of hydrogen-bond donors (Lipinski definition) is 2. The Kier molecular flexibility index (Phi) is 4.79. The SMILES string of the molecule is O=C1CCC(N2C(=O)c3ccc(N4CCC(N5CCNCC5)C4)cc3C2=O)C(=O)N1. The molecule has 0 radical (unpaired) electrons. The summed E-state index contributed by atoms with van der Waals surface area (Å²) in [5.41, 5.74) is 1.59. The highest BCUT2D eigenvalue weighted by Gasteiger charge is 2.45. The Labute approximate surface area is 174 Å². The van der Waals surface area contributed by atoms with Gasteiger partial charge in [0, 0.05) is 57.4 Å². The Hall–Kier alpha value is -2.78. The number of benzene rings is 1. The third-order valence-electron chi connectivity index (χ3n) is 6.62. The van der Waals surface area contributed by atoms with Crippen LogP contribution in [-0.4, -0.2) is 84.8 Å². The summed E-state index contributed by atoms with van der Waals surface area (Å²) in [6, 6.07) is 4.93. The van der Waals surface area contributed by atoms with Crippen LogP contribution in [0.25, 0.3) is 0 Å². The fourth-order valence-corrected chi connectivity index (χ4v) is 4.98. The normalized spacial score (nSPS) is 27.6. The number of nitrogens with zero attached hydrogens (tertiary/aromatic N) is 3. The van der Waals surface area contributed by atoms with Gasteiger partial charge in [-0.15, -0.1) is 0 Å². The topological polar surface area (TPSA) is 102 Å². The molecular formula is C21H25N5O4. The molecule has 158 valence electrons. The molecule has 0 bridgehead atoms. The van der Waals surface area contributed by atoms with Gasteiger partial charge in [0.1, 0.15) is 6.04 Å². The van der Waals surface area contributed by atoms with Crippen molar-refractivity contribution in [1.82, 2.24) is 20.4 Å². The number of amides is 4. The van der Waals surface area contributed by atoms with E-state index in [0.29, 0.717) is 17.2 Å². The largest absolute Gasteiger partial charge is 0.370 e. The lowest BCUT2D eigenvalue weighted by atomic mass is 10.0. The van der Waals surface area contributed by atoms with Gasteiger partial charge < -0.3 is 10.2 Å². The lowest BCUT2D eigenvalue weighted by Crippen LogP contribution is -2.54. The molecule has 2 unspecified atom stereocenters. The van der Waals surface area contributed by atoms with E-state index in [4.69, 9.17) is 0 Å². The number of anilines is 1. The maximum atomic E-state index is 13.0. The van der Waals surface area contributed by atoms with Gasteiger partial charge in [-0.2, -0.15) is 0 Å². The van der Waals surface area contributed by atoms with E-state index in [1.807, 2.05) is 6.07 Å². The molecule has 2 N–H and O–H groups in total. The van der Waals surface area contributed by atoms with Crippen LogP contribution in [0.2, 0.25) is 0 Å². The highest BCUT2D eigenvalue weighted by molar-refractivity contribution is 6.23. The summed E-state index contributed by atoms with van der Waals surface area (Å²) in [6.07, 6.45) is 1.37. The average molecular weight is 411 g/mol. The molecule has 30 heavy (non-hydrogen) atoms. The fourth-order valence-electron chi connectivity index (χ4n) is 4.98. The van der Waals surface area contributed by atoms with Crippen molar-refractivity contribution in [3.8, 4) is 0 Å². The van der Waals surface area contributed by atoms with Gasteiger partial charge in [0.25, 0.3) is 11.8 Å². The quantitative estimate of drug-likeness (QED) is 0.651. The maximum absolute atomic E-state index is 13.0. The number of nitrogens with one attached hydrogen (secondary N) is 2. The van der Waals surface area contributed by atoms with Crippen LogP contribution in [0.4, 0.5) is 5.69 Å². The van der Waals surface area contributed by atoms with Gasteiger partial charge in [0.05, 0.1) is 11.1 Å². The molecule has 4 heterocycles. The van der Waals surface area contributed by atoms with Crippen molar-refractivity contribution in [3.63, 3.8) is 0 Å². The molecule has 9 nitrogen and oxygen atoms in total. The van der Waals surface area contributed by atoms with Crippen molar-refractivity contribution >= 4 is 29.3 Å². The van der Waals surface area contributed by atoms with E-state index in [1.165, 1.54) is 0 Å². The van der Waals surface area contributed by atoms with E-state index in [0.717, 1.165) is 56.3 Å². The van der Waals surface area contributed by atoms with Gasteiger partial charge in [-0.1, -0.05) is 0 Å². The van der Waals surface area contributed by atoms with E-state index >= 15 is 0 Å². The number of rotatable bonds is 3. The molecule has 0 saturated carbocycles. The van der Waals surface area contributed by atoms with E-state index in [1.54, 1.807) is 12.1 Å². The Morgan fingerprint density at radius 2 is 1.67 bits per heavy atom. The Bertz CT molecular complexity index is 926. The lowest BCUT2D eigenvalue weighted by molar-refractivity contribution is -0.136. The summed E-state index contributed by atoms with van der Waals surface area (Å²) in [6.45, 7) is 5.95. The zero-order chi connectivity index (χ0) is 20.8. The summed E-state index contributed by atoms with van der Waals surface area (Å²) >= 11 is 0. The summed E-state index contributed by atoms with van der Waals surface area (Å²) in [4.78, 5) is 55.3. The van der Waals surface area contributed by atoms with Gasteiger partial charge in [-0.25, -0.2) is 0 Å². The van der Waals surface area contributed by atoms with Crippen molar-refractivity contribution in [2.75, 3.05) is 44.2 Å². The average Bonchev–Trinajstić information content (AvgIpc) is 3.34. The van der Waals surface area contributed by atoms with E-state index in [9.17, 15) is 19.2 Å². The van der Waals surface area contributed by atoms with Gasteiger partial charge in [-0.05, 0) is 31.0 Å². The van der Waals surface area contributed by atoms with Crippen LogP contribution in [0.3, 0.4) is 0 Å². The van der Waals surface area contributed by atoms with Crippen molar-refractivity contribution in [2.45, 2.75) is 31.3 Å². The second-order valence-corrected chi connectivity index (χ2v) is 8.35. The van der Waals surface area contributed by atoms with Gasteiger partial charge >= 0.3 is 0 Å². The Morgan fingerprint density at radius 1 is 0.900 bits per heavy atom. The molecule has 5 rings (SSSR count). The number of carbonyl (C=O) groups is 4. The van der Waals surface area contributed by atoms with Crippen LogP contribution < -0.4 is 15.5 Å². The fraction of sp³-hybridized carbons (Fsp3) is 0.524. The van der Waals surface area contributed by atoms with Crippen LogP contribution in [0.1, 0.15) is 40.0 Å². The van der Waals surface area contributed by atoms with Gasteiger partial charge in [-0.3, -0.25) is 34.3 Å². The summed E-state index contributed by atoms with van der Waals surface area (Å²) < 4.78 is 0. The monoisotopic (exact) mass is 411 g/mol. The molecule has 4 aliphatic rings. The molecule has 1 aromatic carbocycles. The van der Waals surface area contributed by atoms with Crippen molar-refractivity contribution in [1.29, 1.82) is 0 Å². The predicted molar refractivity (Wildman–Crippen MR) is 108 cm³/mol. The number of fused-ring (bicyclic) bond motifs is 1. The first kappa shape index (κ1) is 19.2. The molecular weight excluding hydrogens is 386 g/mol. The molecule has 2 atom stereocenters. The minimum absolute atomic E-state index is 0.121. The summed E-state index contributed by atoms with van der Waals surface area (Å²) in [5, 5.41) is 5.60. The second-order valence-electron chi connectivity index (χ2n) is 8.35. The molecule has 9 heteroatoms. The molecule has 3 fully saturated rings. The molecule has 3 saturated heterocycles. The first-order chi connectivity index (χ1) is 14.5. The van der Waals surface area contributed by atoms with Crippen LogP contribution in [-0.2, 0) is 9.59 Å². The predicted octanol–water partition coefficient (Wildman–Crippen LogP) is -0.428. The van der Waals surface area contributed by atoms with Gasteiger partial charge in [0.15, 0.2) is 0 Å². The summed E-state index contributed by atoms with van der Waals surface area (Å²) in [5.74, 6) is -1.87. The third kappa shape index (κ3) is 3.18. The zero-order valence-corrected chi connectivity index (χ0v) is 16.7. The molecule has 4 aliphatic heterocycles. The molecule has 0 spiro atoms. The number of piperazine rings is 1. The number of piperidine rings is 1. The number of imide groups is 2. The second kappa shape index (κ2) is 7.48. The van der Waals surface area contributed by atoms with Crippen LogP contribution in [0.5, 0.6) is 0 Å². The van der Waals surface area contributed by atoms with E-state index in [2.05, 4.69) is 20.4 Å². The minimum Gasteiger partial charge on any atom is -0.370 e. The third-order valence-corrected chi connectivity index (χ3v) is 6.62. The number of hydrogen-bond acceptors (Lipinski definition) is 7. The highest BCUT2D eigenvalue weighted by Crippen LogP contribution is 2.32. The van der Waals surface area contributed by atoms with Crippen LogP contribution in [0, 0.1) is 0 Å². The highest BCUT2D eigenvalue weighted by atomic mass is 16.2.